The molecule has 19 heavy (non-hydrogen) atoms. The topological polar surface area (TPSA) is 35.2 Å². The zero-order chi connectivity index (χ0) is 13.9. The van der Waals surface area contributed by atoms with E-state index in [4.69, 9.17) is 5.73 Å². The van der Waals surface area contributed by atoms with E-state index >= 15 is 0 Å². The molecule has 2 nitrogen and oxygen atoms in total. The molecule has 1 aromatic rings. The van der Waals surface area contributed by atoms with E-state index in [1.807, 2.05) is 0 Å². The predicted molar refractivity (Wildman–Crippen MR) is 66.6 cm³/mol. The first-order chi connectivity index (χ1) is 8.94. The summed E-state index contributed by atoms with van der Waals surface area (Å²) in [5, 5.41) is 0. The molecular formula is C14H18F3NO. The van der Waals surface area contributed by atoms with E-state index in [1.54, 1.807) is 12.1 Å². The van der Waals surface area contributed by atoms with Gasteiger partial charge in [0.05, 0.1) is 0 Å². The average molecular weight is 273 g/mol. The van der Waals surface area contributed by atoms with Crippen LogP contribution in [-0.4, -0.2) is 6.36 Å². The van der Waals surface area contributed by atoms with Crippen molar-refractivity contribution < 1.29 is 17.9 Å². The van der Waals surface area contributed by atoms with Gasteiger partial charge in [0.2, 0.25) is 0 Å². The van der Waals surface area contributed by atoms with Crippen molar-refractivity contribution in [2.75, 3.05) is 0 Å². The maximum absolute atomic E-state index is 12.0. The van der Waals surface area contributed by atoms with Crippen LogP contribution in [0.2, 0.25) is 0 Å². The first kappa shape index (κ1) is 14.2. The van der Waals surface area contributed by atoms with Gasteiger partial charge in [0, 0.05) is 6.04 Å². The summed E-state index contributed by atoms with van der Waals surface area (Å²) < 4.78 is 39.9. The Bertz CT molecular complexity index is 396. The molecule has 0 amide bonds. The molecule has 0 bridgehead atoms. The number of rotatable bonds is 4. The van der Waals surface area contributed by atoms with Gasteiger partial charge in [-0.25, -0.2) is 0 Å². The lowest BCUT2D eigenvalue weighted by atomic mass is 9.94. The second-order valence-corrected chi connectivity index (χ2v) is 5.11. The molecule has 2 N–H and O–H groups in total. The summed E-state index contributed by atoms with van der Waals surface area (Å²) in [6, 6.07) is 5.75. The molecule has 106 valence electrons. The summed E-state index contributed by atoms with van der Waals surface area (Å²) in [7, 11) is 0. The van der Waals surface area contributed by atoms with Crippen molar-refractivity contribution in [2.24, 2.45) is 11.7 Å². The Kier molecular flexibility index (Phi) is 4.34. The molecule has 0 saturated heterocycles. The number of halogens is 3. The van der Waals surface area contributed by atoms with Crippen LogP contribution in [0.15, 0.2) is 24.3 Å². The maximum atomic E-state index is 12.0. The van der Waals surface area contributed by atoms with Crippen LogP contribution in [-0.2, 0) is 0 Å². The Hall–Kier alpha value is -1.23. The van der Waals surface area contributed by atoms with Gasteiger partial charge in [-0.05, 0) is 30.0 Å². The van der Waals surface area contributed by atoms with Crippen molar-refractivity contribution >= 4 is 0 Å². The molecule has 1 aromatic carbocycles. The lowest BCUT2D eigenvalue weighted by Crippen LogP contribution is -2.17. The van der Waals surface area contributed by atoms with Crippen LogP contribution in [0.1, 0.15) is 43.7 Å². The molecule has 0 spiro atoms. The van der Waals surface area contributed by atoms with Gasteiger partial charge < -0.3 is 10.5 Å². The van der Waals surface area contributed by atoms with E-state index in [0.29, 0.717) is 5.92 Å². The van der Waals surface area contributed by atoms with Crippen molar-refractivity contribution in [1.29, 1.82) is 0 Å². The first-order valence-corrected chi connectivity index (χ1v) is 6.55. The van der Waals surface area contributed by atoms with Crippen LogP contribution < -0.4 is 10.5 Å². The van der Waals surface area contributed by atoms with Crippen molar-refractivity contribution in [3.05, 3.63) is 29.8 Å². The van der Waals surface area contributed by atoms with E-state index < -0.39 is 6.36 Å². The quantitative estimate of drug-likeness (QED) is 0.893. The molecule has 0 aromatic heterocycles. The normalized spacial score (nSPS) is 18.5. The maximum Gasteiger partial charge on any atom is 0.573 e. The average Bonchev–Trinajstić information content (AvgIpc) is 2.80. The van der Waals surface area contributed by atoms with Crippen LogP contribution in [0.5, 0.6) is 5.75 Å². The lowest BCUT2D eigenvalue weighted by Gasteiger charge is -2.17. The fourth-order valence-electron chi connectivity index (χ4n) is 2.66. The molecule has 5 heteroatoms. The second kappa shape index (κ2) is 5.82. The largest absolute Gasteiger partial charge is 0.573 e. The van der Waals surface area contributed by atoms with E-state index in [-0.39, 0.29) is 11.8 Å². The van der Waals surface area contributed by atoms with Gasteiger partial charge in [-0.3, -0.25) is 0 Å². The number of hydrogen-bond acceptors (Lipinski definition) is 2. The van der Waals surface area contributed by atoms with Gasteiger partial charge in [-0.15, -0.1) is 13.2 Å². The van der Waals surface area contributed by atoms with Crippen LogP contribution in [0, 0.1) is 5.92 Å². The minimum absolute atomic E-state index is 0.108. The fraction of sp³-hybridized carbons (Fsp3) is 0.571. The molecule has 2 rings (SSSR count). The Morgan fingerprint density at radius 1 is 1.16 bits per heavy atom. The third kappa shape index (κ3) is 4.42. The highest BCUT2D eigenvalue weighted by atomic mass is 19.4. The number of nitrogens with two attached hydrogens (primary N) is 1. The van der Waals surface area contributed by atoms with Crippen LogP contribution in [0.3, 0.4) is 0 Å². The summed E-state index contributed by atoms with van der Waals surface area (Å²) >= 11 is 0. The third-order valence-electron chi connectivity index (χ3n) is 3.60. The molecule has 0 aliphatic heterocycles. The summed E-state index contributed by atoms with van der Waals surface area (Å²) in [6.07, 6.45) is 1.20. The zero-order valence-electron chi connectivity index (χ0n) is 10.6. The molecule has 1 aliphatic rings. The van der Waals surface area contributed by atoms with Crippen LogP contribution >= 0.6 is 0 Å². The van der Waals surface area contributed by atoms with E-state index in [0.717, 1.165) is 12.0 Å². The summed E-state index contributed by atoms with van der Waals surface area (Å²) in [5.74, 6) is 0.449. The fourth-order valence-corrected chi connectivity index (χ4v) is 2.66. The molecule has 1 aliphatic carbocycles. The summed E-state index contributed by atoms with van der Waals surface area (Å²) in [5.41, 5.74) is 6.95. The van der Waals surface area contributed by atoms with Crippen molar-refractivity contribution in [3.8, 4) is 5.75 Å². The van der Waals surface area contributed by atoms with E-state index in [9.17, 15) is 13.2 Å². The molecule has 1 saturated carbocycles. The number of alkyl halides is 3. The Balaban J connectivity index is 1.93. The molecule has 0 radical (unpaired) electrons. The number of hydrogen-bond donors (Lipinski definition) is 1. The van der Waals surface area contributed by atoms with Gasteiger partial charge in [0.15, 0.2) is 0 Å². The molecule has 1 atom stereocenters. The highest BCUT2D eigenvalue weighted by Crippen LogP contribution is 2.32. The monoisotopic (exact) mass is 273 g/mol. The lowest BCUT2D eigenvalue weighted by molar-refractivity contribution is -0.274. The highest BCUT2D eigenvalue weighted by Gasteiger charge is 2.31. The predicted octanol–water partition coefficient (Wildman–Crippen LogP) is 4.17. The van der Waals surface area contributed by atoms with Crippen LogP contribution in [0.4, 0.5) is 13.2 Å². The minimum atomic E-state index is -4.65. The number of benzene rings is 1. The third-order valence-corrected chi connectivity index (χ3v) is 3.60. The Morgan fingerprint density at radius 2 is 1.74 bits per heavy atom. The molecule has 1 unspecified atom stereocenters. The van der Waals surface area contributed by atoms with Crippen molar-refractivity contribution in [3.63, 3.8) is 0 Å². The van der Waals surface area contributed by atoms with Crippen LogP contribution in [0.25, 0.3) is 0 Å². The van der Waals surface area contributed by atoms with E-state index in [2.05, 4.69) is 4.74 Å². The van der Waals surface area contributed by atoms with Crippen molar-refractivity contribution in [2.45, 2.75) is 44.5 Å². The van der Waals surface area contributed by atoms with Gasteiger partial charge in [-0.1, -0.05) is 37.8 Å². The molecule has 0 heterocycles. The van der Waals surface area contributed by atoms with Crippen molar-refractivity contribution in [1.82, 2.24) is 0 Å². The zero-order valence-corrected chi connectivity index (χ0v) is 10.6. The van der Waals surface area contributed by atoms with Gasteiger partial charge >= 0.3 is 6.36 Å². The highest BCUT2D eigenvalue weighted by molar-refractivity contribution is 5.29. The van der Waals surface area contributed by atoms with Gasteiger partial charge in [0.25, 0.3) is 0 Å². The first-order valence-electron chi connectivity index (χ1n) is 6.55. The Morgan fingerprint density at radius 3 is 2.26 bits per heavy atom. The number of ether oxygens (including phenoxy) is 1. The molecular weight excluding hydrogens is 255 g/mol. The minimum Gasteiger partial charge on any atom is -0.406 e. The molecule has 1 fully saturated rings. The van der Waals surface area contributed by atoms with Gasteiger partial charge in [-0.2, -0.15) is 0 Å². The SMILES string of the molecule is NC(CC1CCCC1)c1ccc(OC(F)(F)F)cc1. The van der Waals surface area contributed by atoms with Gasteiger partial charge in [0.1, 0.15) is 5.75 Å². The van der Waals surface area contributed by atoms with E-state index in [1.165, 1.54) is 37.8 Å². The summed E-state index contributed by atoms with van der Waals surface area (Å²) in [4.78, 5) is 0. The Labute approximate surface area is 110 Å². The second-order valence-electron chi connectivity index (χ2n) is 5.11. The summed E-state index contributed by atoms with van der Waals surface area (Å²) in [6.45, 7) is 0. The standard InChI is InChI=1S/C14H18F3NO/c15-14(16,17)19-12-7-5-11(6-8-12)13(18)9-10-3-1-2-4-10/h5-8,10,13H,1-4,9,18H2. The smallest absolute Gasteiger partial charge is 0.406 e.